The summed E-state index contributed by atoms with van der Waals surface area (Å²) in [5.74, 6) is 0.538. The topological polar surface area (TPSA) is 82.2 Å². The van der Waals surface area contributed by atoms with Crippen LogP contribution in [-0.2, 0) is 16.6 Å². The number of thiazole rings is 1. The number of benzene rings is 1. The van der Waals surface area contributed by atoms with Gasteiger partial charge in [-0.25, -0.2) is 13.4 Å². The molecule has 0 spiro atoms. The van der Waals surface area contributed by atoms with Crippen molar-refractivity contribution in [3.63, 3.8) is 0 Å². The smallest absolute Gasteiger partial charge is 0.273 e. The maximum atomic E-state index is 13.3. The molecule has 5 heterocycles. The third-order valence-electron chi connectivity index (χ3n) is 7.09. The molecule has 1 aliphatic rings. The number of hydrogen-bond donors (Lipinski definition) is 1. The van der Waals surface area contributed by atoms with Crippen molar-refractivity contribution in [1.29, 1.82) is 0 Å². The number of piperidine rings is 1. The van der Waals surface area contributed by atoms with Crippen molar-refractivity contribution in [2.24, 2.45) is 0 Å². The highest BCUT2D eigenvalue weighted by molar-refractivity contribution is 7.94. The largest absolute Gasteiger partial charge is 0.351 e. The lowest BCUT2D eigenvalue weighted by atomic mass is 9.93. The first-order valence-corrected chi connectivity index (χ1v) is 15.9. The molecule has 0 atom stereocenters. The van der Waals surface area contributed by atoms with E-state index < -0.39 is 10.0 Å². The number of para-hydroxylation sites is 1. The molecule has 1 aromatic carbocycles. The SMILES string of the molecule is C.CCN(c1cccc2cc(-c3ncc(CN4CCC(c5ccccn5)CC4)s3)[nH]c12)S(=O)(=O)c1cccs1. The van der Waals surface area contributed by atoms with Gasteiger partial charge in [0.15, 0.2) is 0 Å². The zero-order valence-electron chi connectivity index (χ0n) is 21.1. The molecule has 7 nitrogen and oxygen atoms in total. The predicted molar refractivity (Wildman–Crippen MR) is 162 cm³/mol. The number of H-pyrrole nitrogens is 1. The van der Waals surface area contributed by atoms with Gasteiger partial charge in [0.25, 0.3) is 10.0 Å². The summed E-state index contributed by atoms with van der Waals surface area (Å²) in [5, 5.41) is 3.66. The predicted octanol–water partition coefficient (Wildman–Crippen LogP) is 6.98. The molecule has 39 heavy (non-hydrogen) atoms. The number of pyridine rings is 1. The van der Waals surface area contributed by atoms with E-state index in [-0.39, 0.29) is 7.43 Å². The Morgan fingerprint density at radius 3 is 2.64 bits per heavy atom. The number of thiophene rings is 1. The lowest BCUT2D eigenvalue weighted by Crippen LogP contribution is -2.32. The van der Waals surface area contributed by atoms with Crippen molar-refractivity contribution < 1.29 is 8.42 Å². The zero-order chi connectivity index (χ0) is 26.1. The lowest BCUT2D eigenvalue weighted by Gasteiger charge is -2.31. The van der Waals surface area contributed by atoms with Crippen molar-refractivity contribution in [2.45, 2.75) is 43.9 Å². The fourth-order valence-corrected chi connectivity index (χ4v) is 8.70. The molecule has 0 unspecified atom stereocenters. The molecule has 1 N–H and O–H groups in total. The van der Waals surface area contributed by atoms with E-state index in [1.807, 2.05) is 43.6 Å². The van der Waals surface area contributed by atoms with Crippen LogP contribution in [0, 0.1) is 0 Å². The molecule has 0 saturated carbocycles. The summed E-state index contributed by atoms with van der Waals surface area (Å²) in [7, 11) is -3.63. The molecule has 1 aliphatic heterocycles. The number of likely N-dealkylation sites (tertiary alicyclic amines) is 1. The van der Waals surface area contributed by atoms with Crippen LogP contribution in [-0.4, -0.2) is 47.9 Å². The number of aromatic amines is 1. The van der Waals surface area contributed by atoms with E-state index in [0.29, 0.717) is 22.4 Å². The molecule has 6 rings (SSSR count). The number of sulfonamides is 1. The molecule has 1 fully saturated rings. The highest BCUT2D eigenvalue weighted by Crippen LogP contribution is 2.36. The molecule has 1 saturated heterocycles. The molecule has 0 aliphatic carbocycles. The van der Waals surface area contributed by atoms with Crippen LogP contribution in [0.2, 0.25) is 0 Å². The van der Waals surface area contributed by atoms with Crippen LogP contribution < -0.4 is 4.31 Å². The summed E-state index contributed by atoms with van der Waals surface area (Å²) in [4.78, 5) is 16.5. The van der Waals surface area contributed by atoms with Crippen molar-refractivity contribution in [3.8, 4) is 10.7 Å². The van der Waals surface area contributed by atoms with Crippen LogP contribution in [0.1, 0.15) is 43.7 Å². The normalized spacial score (nSPS) is 14.9. The number of nitrogens with zero attached hydrogens (tertiary/aromatic N) is 4. The highest BCUT2D eigenvalue weighted by atomic mass is 32.2. The van der Waals surface area contributed by atoms with E-state index in [2.05, 4.69) is 33.1 Å². The van der Waals surface area contributed by atoms with Gasteiger partial charge in [-0.1, -0.05) is 31.7 Å². The lowest BCUT2D eigenvalue weighted by molar-refractivity contribution is 0.205. The van der Waals surface area contributed by atoms with E-state index in [4.69, 9.17) is 4.98 Å². The van der Waals surface area contributed by atoms with E-state index in [9.17, 15) is 8.42 Å². The minimum absolute atomic E-state index is 0. The van der Waals surface area contributed by atoms with Gasteiger partial charge in [0.1, 0.15) is 9.22 Å². The van der Waals surface area contributed by atoms with Crippen molar-refractivity contribution in [2.75, 3.05) is 23.9 Å². The second-order valence-corrected chi connectivity index (χ2v) is 13.6. The number of nitrogens with one attached hydrogen (secondary N) is 1. The van der Waals surface area contributed by atoms with Crippen molar-refractivity contribution >= 4 is 49.3 Å². The van der Waals surface area contributed by atoms with Crippen LogP contribution in [0.4, 0.5) is 5.69 Å². The minimum Gasteiger partial charge on any atom is -0.351 e. The van der Waals surface area contributed by atoms with E-state index in [0.717, 1.165) is 54.1 Å². The summed E-state index contributed by atoms with van der Waals surface area (Å²) in [6.07, 6.45) is 6.10. The standard InChI is InChI=1S/C28H29N5O2S3.CH4/c1-2-33(38(34,35)26-10-6-16-36-26)25-9-5-7-21-17-24(31-27(21)25)28-30-18-22(37-28)19-32-14-11-20(12-15-32)23-8-3-4-13-29-23;/h3-10,13,16-18,20,31H,2,11-12,14-15,19H2,1H3;1H4. The summed E-state index contributed by atoms with van der Waals surface area (Å²) in [6, 6.07) is 17.4. The molecular formula is C29H33N5O2S3. The summed E-state index contributed by atoms with van der Waals surface area (Å²) in [6.45, 7) is 5.19. The van der Waals surface area contributed by atoms with Crippen LogP contribution in [0.5, 0.6) is 0 Å². The van der Waals surface area contributed by atoms with Crippen molar-refractivity contribution in [1.82, 2.24) is 19.9 Å². The number of hydrogen-bond acceptors (Lipinski definition) is 7. The molecular weight excluding hydrogens is 547 g/mol. The first-order chi connectivity index (χ1) is 18.5. The average molecular weight is 580 g/mol. The fraction of sp³-hybridized carbons (Fsp3) is 0.310. The molecule has 0 amide bonds. The number of rotatable bonds is 8. The Labute approximate surface area is 238 Å². The van der Waals surface area contributed by atoms with Gasteiger partial charge in [-0.05, 0) is 68.6 Å². The number of anilines is 1. The van der Waals surface area contributed by atoms with Crippen LogP contribution in [0.15, 0.2) is 76.6 Å². The Balaban J connectivity index is 0.00000308. The van der Waals surface area contributed by atoms with E-state index in [1.54, 1.807) is 28.8 Å². The van der Waals surface area contributed by atoms with Gasteiger partial charge in [0, 0.05) is 47.4 Å². The molecule has 5 aromatic rings. The molecule has 10 heteroatoms. The molecule has 0 radical (unpaired) electrons. The average Bonchev–Trinajstić information content (AvgIpc) is 3.71. The third kappa shape index (κ3) is 5.51. The molecule has 4 aromatic heterocycles. The molecule has 204 valence electrons. The number of aromatic nitrogens is 3. The van der Waals surface area contributed by atoms with Gasteiger partial charge in [-0.15, -0.1) is 22.7 Å². The Morgan fingerprint density at radius 1 is 1.08 bits per heavy atom. The van der Waals surface area contributed by atoms with Gasteiger partial charge in [-0.3, -0.25) is 14.2 Å². The first-order valence-electron chi connectivity index (χ1n) is 12.8. The Bertz CT molecular complexity index is 1620. The first kappa shape index (κ1) is 27.5. The third-order valence-corrected chi connectivity index (χ3v) is 11.4. The molecule has 0 bridgehead atoms. The van der Waals surface area contributed by atoms with Crippen LogP contribution >= 0.6 is 22.7 Å². The van der Waals surface area contributed by atoms with Gasteiger partial charge < -0.3 is 4.98 Å². The maximum Gasteiger partial charge on any atom is 0.273 e. The van der Waals surface area contributed by atoms with E-state index in [1.165, 1.54) is 26.2 Å². The Morgan fingerprint density at radius 2 is 1.92 bits per heavy atom. The minimum atomic E-state index is -3.63. The quantitative estimate of drug-likeness (QED) is 0.215. The highest BCUT2D eigenvalue weighted by Gasteiger charge is 2.27. The Hall–Kier alpha value is -3.05. The fourth-order valence-electron chi connectivity index (χ4n) is 5.18. The second kappa shape index (κ2) is 11.6. The van der Waals surface area contributed by atoms with Gasteiger partial charge in [0.05, 0.1) is 16.9 Å². The summed E-state index contributed by atoms with van der Waals surface area (Å²) < 4.78 is 28.5. The number of fused-ring (bicyclic) bond motifs is 1. The zero-order valence-corrected chi connectivity index (χ0v) is 23.5. The van der Waals surface area contributed by atoms with Gasteiger partial charge in [0.2, 0.25) is 0 Å². The maximum absolute atomic E-state index is 13.3. The van der Waals surface area contributed by atoms with Gasteiger partial charge in [-0.2, -0.15) is 0 Å². The van der Waals surface area contributed by atoms with Crippen LogP contribution in [0.25, 0.3) is 21.6 Å². The Kier molecular flexibility index (Phi) is 8.18. The summed E-state index contributed by atoms with van der Waals surface area (Å²) in [5.41, 5.74) is 3.56. The van der Waals surface area contributed by atoms with Gasteiger partial charge >= 0.3 is 0 Å². The summed E-state index contributed by atoms with van der Waals surface area (Å²) >= 11 is 2.93. The van der Waals surface area contributed by atoms with Crippen LogP contribution in [0.3, 0.4) is 0 Å². The van der Waals surface area contributed by atoms with Crippen molar-refractivity contribution in [3.05, 3.63) is 82.9 Å². The van der Waals surface area contributed by atoms with E-state index >= 15 is 0 Å². The monoisotopic (exact) mass is 579 g/mol. The second-order valence-electron chi connectivity index (χ2n) is 9.46.